The largest absolute Gasteiger partial charge is 0.486 e. The van der Waals surface area contributed by atoms with Gasteiger partial charge in [-0.2, -0.15) is 5.26 Å². The molecule has 0 atom stereocenters. The van der Waals surface area contributed by atoms with Crippen LogP contribution in [0.2, 0.25) is 0 Å². The fourth-order valence-electron chi connectivity index (χ4n) is 3.25. The van der Waals surface area contributed by atoms with Crippen LogP contribution in [0.15, 0.2) is 18.2 Å². The molecule has 1 heterocycles. The molecule has 116 valence electrons. The van der Waals surface area contributed by atoms with E-state index in [-0.39, 0.29) is 5.91 Å². The van der Waals surface area contributed by atoms with Gasteiger partial charge in [-0.1, -0.05) is 18.9 Å². The highest BCUT2D eigenvalue weighted by Gasteiger charge is 2.43. The Morgan fingerprint density at radius 2 is 1.95 bits per heavy atom. The molecule has 0 aromatic heterocycles. The topological polar surface area (TPSA) is 62.6 Å². The average molecular weight is 300 g/mol. The molecule has 5 heteroatoms. The van der Waals surface area contributed by atoms with E-state index in [0.717, 1.165) is 29.9 Å². The summed E-state index contributed by atoms with van der Waals surface area (Å²) >= 11 is 0. The Kier molecular flexibility index (Phi) is 3.93. The fraction of sp³-hybridized carbons (Fsp3) is 0.529. The van der Waals surface area contributed by atoms with E-state index < -0.39 is 5.41 Å². The molecular formula is C17H20N2O3. The van der Waals surface area contributed by atoms with Crippen LogP contribution in [0.25, 0.3) is 0 Å². The maximum absolute atomic E-state index is 12.6. The molecule has 1 aliphatic carbocycles. The molecule has 5 nitrogen and oxygen atoms in total. The number of ether oxygens (including phenoxy) is 2. The zero-order chi connectivity index (χ0) is 15.6. The Morgan fingerprint density at radius 1 is 1.27 bits per heavy atom. The number of rotatable bonds is 3. The fourth-order valence-corrected chi connectivity index (χ4v) is 3.25. The van der Waals surface area contributed by atoms with Crippen molar-refractivity contribution in [2.24, 2.45) is 5.41 Å². The summed E-state index contributed by atoms with van der Waals surface area (Å²) in [6.07, 6.45) is 3.26. The van der Waals surface area contributed by atoms with E-state index in [9.17, 15) is 10.1 Å². The quantitative estimate of drug-likeness (QED) is 0.860. The number of nitrogens with zero attached hydrogens (tertiary/aromatic N) is 2. The maximum atomic E-state index is 12.6. The van der Waals surface area contributed by atoms with Crippen LogP contribution in [0.5, 0.6) is 11.5 Å². The van der Waals surface area contributed by atoms with Gasteiger partial charge in [0.05, 0.1) is 6.07 Å². The molecule has 1 fully saturated rings. The lowest BCUT2D eigenvalue weighted by atomic mass is 9.86. The standard InChI is InChI=1S/C17H20N2O3/c1-19(16(20)17(12-18)6-2-3-7-17)11-13-4-5-14-15(10-13)22-9-8-21-14/h4-5,10H,2-3,6-9,11H2,1H3. The summed E-state index contributed by atoms with van der Waals surface area (Å²) in [5, 5.41) is 9.43. The van der Waals surface area contributed by atoms with E-state index in [1.165, 1.54) is 0 Å². The Labute approximate surface area is 130 Å². The van der Waals surface area contributed by atoms with Gasteiger partial charge in [-0.25, -0.2) is 0 Å². The Balaban J connectivity index is 1.72. The van der Waals surface area contributed by atoms with Crippen molar-refractivity contribution in [1.82, 2.24) is 4.90 Å². The highest BCUT2D eigenvalue weighted by Crippen LogP contribution is 2.39. The molecule has 1 amide bonds. The summed E-state index contributed by atoms with van der Waals surface area (Å²) in [6, 6.07) is 7.97. The minimum atomic E-state index is -0.817. The number of hydrogen-bond donors (Lipinski definition) is 0. The smallest absolute Gasteiger partial charge is 0.243 e. The highest BCUT2D eigenvalue weighted by atomic mass is 16.6. The molecular weight excluding hydrogens is 280 g/mol. The van der Waals surface area contributed by atoms with Crippen molar-refractivity contribution in [3.8, 4) is 17.6 Å². The lowest BCUT2D eigenvalue weighted by Gasteiger charge is -2.27. The van der Waals surface area contributed by atoms with Crippen LogP contribution in [-0.2, 0) is 11.3 Å². The summed E-state index contributed by atoms with van der Waals surface area (Å²) in [7, 11) is 1.76. The molecule has 1 aliphatic heterocycles. The summed E-state index contributed by atoms with van der Waals surface area (Å²) in [6.45, 7) is 1.58. The molecule has 0 radical (unpaired) electrons. The normalized spacial score (nSPS) is 18.5. The van der Waals surface area contributed by atoms with Gasteiger partial charge in [-0.3, -0.25) is 4.79 Å². The molecule has 0 saturated heterocycles. The molecule has 22 heavy (non-hydrogen) atoms. The number of hydrogen-bond acceptors (Lipinski definition) is 4. The number of amides is 1. The van der Waals surface area contributed by atoms with Crippen LogP contribution >= 0.6 is 0 Å². The Bertz CT molecular complexity index is 615. The zero-order valence-electron chi connectivity index (χ0n) is 12.8. The van der Waals surface area contributed by atoms with Crippen LogP contribution in [-0.4, -0.2) is 31.1 Å². The van der Waals surface area contributed by atoms with Crippen LogP contribution in [0.3, 0.4) is 0 Å². The molecule has 2 aliphatic rings. The Hall–Kier alpha value is -2.22. The lowest BCUT2D eigenvalue weighted by Crippen LogP contribution is -2.39. The molecule has 1 saturated carbocycles. The molecule has 0 spiro atoms. The van der Waals surface area contributed by atoms with Crippen LogP contribution < -0.4 is 9.47 Å². The van der Waals surface area contributed by atoms with Crippen molar-refractivity contribution in [3.05, 3.63) is 23.8 Å². The number of nitriles is 1. The number of carbonyl (C=O) groups excluding carboxylic acids is 1. The minimum absolute atomic E-state index is 0.0672. The summed E-state index contributed by atoms with van der Waals surface area (Å²) in [5.74, 6) is 1.40. The van der Waals surface area contributed by atoms with Crippen molar-refractivity contribution in [2.45, 2.75) is 32.2 Å². The first-order valence-electron chi connectivity index (χ1n) is 7.70. The van der Waals surface area contributed by atoms with E-state index in [2.05, 4.69) is 6.07 Å². The van der Waals surface area contributed by atoms with Crippen LogP contribution in [0, 0.1) is 16.7 Å². The minimum Gasteiger partial charge on any atom is -0.486 e. The second-order valence-electron chi connectivity index (χ2n) is 6.04. The monoisotopic (exact) mass is 300 g/mol. The van der Waals surface area contributed by atoms with Crippen molar-refractivity contribution < 1.29 is 14.3 Å². The van der Waals surface area contributed by atoms with Gasteiger partial charge in [-0.15, -0.1) is 0 Å². The highest BCUT2D eigenvalue weighted by molar-refractivity contribution is 5.85. The summed E-state index contributed by atoms with van der Waals surface area (Å²) < 4.78 is 11.1. The third-order valence-corrected chi connectivity index (χ3v) is 4.45. The molecule has 1 aromatic rings. The number of fused-ring (bicyclic) bond motifs is 1. The van der Waals surface area contributed by atoms with Crippen molar-refractivity contribution >= 4 is 5.91 Å². The van der Waals surface area contributed by atoms with Gasteiger partial charge in [-0.05, 0) is 30.5 Å². The average Bonchev–Trinajstić information content (AvgIpc) is 3.04. The zero-order valence-corrected chi connectivity index (χ0v) is 12.8. The molecule has 0 unspecified atom stereocenters. The number of benzene rings is 1. The lowest BCUT2D eigenvalue weighted by molar-refractivity contribution is -0.138. The maximum Gasteiger partial charge on any atom is 0.243 e. The first-order chi connectivity index (χ1) is 10.6. The van der Waals surface area contributed by atoms with E-state index in [0.29, 0.717) is 32.6 Å². The third kappa shape index (κ3) is 2.61. The van der Waals surface area contributed by atoms with Gasteiger partial charge in [0.25, 0.3) is 0 Å². The molecule has 0 N–H and O–H groups in total. The Morgan fingerprint density at radius 3 is 2.64 bits per heavy atom. The molecule has 0 bridgehead atoms. The van der Waals surface area contributed by atoms with Gasteiger partial charge in [0.15, 0.2) is 11.5 Å². The third-order valence-electron chi connectivity index (χ3n) is 4.45. The summed E-state index contributed by atoms with van der Waals surface area (Å²) in [5.41, 5.74) is 0.161. The first-order valence-corrected chi connectivity index (χ1v) is 7.70. The van der Waals surface area contributed by atoms with Gasteiger partial charge in [0.1, 0.15) is 18.6 Å². The van der Waals surface area contributed by atoms with E-state index in [1.54, 1.807) is 11.9 Å². The van der Waals surface area contributed by atoms with E-state index in [1.807, 2.05) is 18.2 Å². The predicted molar refractivity (Wildman–Crippen MR) is 80.4 cm³/mol. The summed E-state index contributed by atoms with van der Waals surface area (Å²) in [4.78, 5) is 14.3. The van der Waals surface area contributed by atoms with Gasteiger partial charge < -0.3 is 14.4 Å². The van der Waals surface area contributed by atoms with E-state index >= 15 is 0 Å². The SMILES string of the molecule is CN(Cc1ccc2c(c1)OCCO2)C(=O)C1(C#N)CCCC1. The number of carbonyl (C=O) groups is 1. The van der Waals surface area contributed by atoms with Gasteiger partial charge in [0.2, 0.25) is 5.91 Å². The second kappa shape index (κ2) is 5.88. The predicted octanol–water partition coefficient (Wildman–Crippen LogP) is 2.50. The van der Waals surface area contributed by atoms with Crippen LogP contribution in [0.1, 0.15) is 31.2 Å². The second-order valence-corrected chi connectivity index (χ2v) is 6.04. The van der Waals surface area contributed by atoms with Crippen LogP contribution in [0.4, 0.5) is 0 Å². The van der Waals surface area contributed by atoms with E-state index in [4.69, 9.17) is 9.47 Å². The molecule has 3 rings (SSSR count). The van der Waals surface area contributed by atoms with Crippen molar-refractivity contribution in [2.75, 3.05) is 20.3 Å². The first kappa shape index (κ1) is 14.7. The van der Waals surface area contributed by atoms with Crippen molar-refractivity contribution in [1.29, 1.82) is 5.26 Å². The molecule has 1 aromatic carbocycles. The van der Waals surface area contributed by atoms with Gasteiger partial charge in [0, 0.05) is 13.6 Å². The van der Waals surface area contributed by atoms with Gasteiger partial charge >= 0.3 is 0 Å². The van der Waals surface area contributed by atoms with Crippen molar-refractivity contribution in [3.63, 3.8) is 0 Å².